The van der Waals surface area contributed by atoms with Crippen LogP contribution in [0.3, 0.4) is 0 Å². The van der Waals surface area contributed by atoms with Crippen molar-refractivity contribution in [1.29, 1.82) is 0 Å². The van der Waals surface area contributed by atoms with Crippen molar-refractivity contribution in [2.45, 2.75) is 44.8 Å². The maximum Gasteiger partial charge on any atom is 0.393 e. The largest absolute Gasteiger partial charge is 0.393 e. The zero-order valence-corrected chi connectivity index (χ0v) is 10.5. The van der Waals surface area contributed by atoms with Gasteiger partial charge in [0.2, 0.25) is 0 Å². The number of carbonyl (C=O) groups is 1. The minimum atomic E-state index is -4.19. The number of nitrogens with two attached hydrogens (primary N) is 1. The SMILES string of the molecule is CCCC(C(=O)NN)N1CCCC(C(F)(F)F)C1. The summed E-state index contributed by atoms with van der Waals surface area (Å²) in [5, 5.41) is 0. The fourth-order valence-corrected chi connectivity index (χ4v) is 2.41. The molecule has 0 aromatic rings. The summed E-state index contributed by atoms with van der Waals surface area (Å²) in [6, 6.07) is -0.551. The molecule has 1 aliphatic heterocycles. The van der Waals surface area contributed by atoms with Crippen LogP contribution >= 0.6 is 0 Å². The van der Waals surface area contributed by atoms with Crippen molar-refractivity contribution in [2.24, 2.45) is 11.8 Å². The molecular formula is C11H20F3N3O. The molecule has 18 heavy (non-hydrogen) atoms. The van der Waals surface area contributed by atoms with Crippen LogP contribution in [0.25, 0.3) is 0 Å². The highest BCUT2D eigenvalue weighted by atomic mass is 19.4. The van der Waals surface area contributed by atoms with Crippen molar-refractivity contribution >= 4 is 5.91 Å². The van der Waals surface area contributed by atoms with E-state index in [0.29, 0.717) is 19.4 Å². The van der Waals surface area contributed by atoms with Gasteiger partial charge in [-0.05, 0) is 25.8 Å². The smallest absolute Gasteiger partial charge is 0.293 e. The fraction of sp³-hybridized carbons (Fsp3) is 0.909. The second-order valence-corrected chi connectivity index (χ2v) is 4.69. The van der Waals surface area contributed by atoms with Gasteiger partial charge in [0.05, 0.1) is 12.0 Å². The van der Waals surface area contributed by atoms with E-state index in [1.165, 1.54) is 0 Å². The van der Waals surface area contributed by atoms with Gasteiger partial charge in [-0.1, -0.05) is 13.3 Å². The molecule has 0 aromatic carbocycles. The first-order valence-corrected chi connectivity index (χ1v) is 6.21. The van der Waals surface area contributed by atoms with Gasteiger partial charge in [0.15, 0.2) is 0 Å². The number of hydrogen-bond acceptors (Lipinski definition) is 3. The highest BCUT2D eigenvalue weighted by Gasteiger charge is 2.43. The molecule has 0 spiro atoms. The van der Waals surface area contributed by atoms with Crippen LogP contribution in [0.1, 0.15) is 32.6 Å². The van der Waals surface area contributed by atoms with Crippen LogP contribution in [0.2, 0.25) is 0 Å². The summed E-state index contributed by atoms with van der Waals surface area (Å²) in [4.78, 5) is 13.2. The normalized spacial score (nSPS) is 23.7. The molecule has 1 rings (SSSR count). The highest BCUT2D eigenvalue weighted by molar-refractivity contribution is 5.81. The number of piperidine rings is 1. The monoisotopic (exact) mass is 267 g/mol. The van der Waals surface area contributed by atoms with Crippen LogP contribution in [0.5, 0.6) is 0 Å². The lowest BCUT2D eigenvalue weighted by Gasteiger charge is -2.37. The molecule has 1 fully saturated rings. The molecule has 2 unspecified atom stereocenters. The van der Waals surface area contributed by atoms with E-state index in [2.05, 4.69) is 0 Å². The van der Waals surface area contributed by atoms with Gasteiger partial charge in [-0.3, -0.25) is 15.1 Å². The van der Waals surface area contributed by atoms with Crippen LogP contribution in [-0.2, 0) is 4.79 Å². The van der Waals surface area contributed by atoms with Crippen molar-refractivity contribution in [1.82, 2.24) is 10.3 Å². The number of alkyl halides is 3. The minimum absolute atomic E-state index is 0.110. The zero-order valence-electron chi connectivity index (χ0n) is 10.5. The Morgan fingerprint density at radius 1 is 1.56 bits per heavy atom. The van der Waals surface area contributed by atoms with Gasteiger partial charge < -0.3 is 0 Å². The molecule has 1 amide bonds. The van der Waals surface area contributed by atoms with Gasteiger partial charge in [-0.15, -0.1) is 0 Å². The molecule has 0 aliphatic carbocycles. The van der Waals surface area contributed by atoms with Gasteiger partial charge >= 0.3 is 6.18 Å². The third-order valence-electron chi connectivity index (χ3n) is 3.36. The van der Waals surface area contributed by atoms with E-state index in [-0.39, 0.29) is 13.0 Å². The highest BCUT2D eigenvalue weighted by Crippen LogP contribution is 2.34. The second-order valence-electron chi connectivity index (χ2n) is 4.69. The Kier molecular flexibility index (Phi) is 5.40. The molecule has 4 nitrogen and oxygen atoms in total. The Morgan fingerprint density at radius 3 is 2.72 bits per heavy atom. The maximum atomic E-state index is 12.7. The predicted molar refractivity (Wildman–Crippen MR) is 61.4 cm³/mol. The number of halogens is 3. The molecule has 2 atom stereocenters. The standard InChI is InChI=1S/C11H20F3N3O/c1-2-4-9(10(18)16-15)17-6-3-5-8(7-17)11(12,13)14/h8-9H,2-7,15H2,1H3,(H,16,18). The Bertz CT molecular complexity index is 283. The summed E-state index contributed by atoms with van der Waals surface area (Å²) < 4.78 is 38.1. The van der Waals surface area contributed by atoms with Crippen molar-refractivity contribution in [3.8, 4) is 0 Å². The molecule has 0 bridgehead atoms. The number of amides is 1. The molecule has 3 N–H and O–H groups in total. The number of hydrazine groups is 1. The number of likely N-dealkylation sites (tertiary alicyclic amines) is 1. The lowest BCUT2D eigenvalue weighted by molar-refractivity contribution is -0.189. The third kappa shape index (κ3) is 3.84. The molecule has 0 saturated carbocycles. The summed E-state index contributed by atoms with van der Waals surface area (Å²) in [6.07, 6.45) is -2.33. The summed E-state index contributed by atoms with van der Waals surface area (Å²) in [6.45, 7) is 2.30. The first-order chi connectivity index (χ1) is 8.40. The number of nitrogens with one attached hydrogen (secondary N) is 1. The van der Waals surface area contributed by atoms with E-state index in [4.69, 9.17) is 5.84 Å². The van der Waals surface area contributed by atoms with Crippen LogP contribution in [-0.4, -0.2) is 36.1 Å². The van der Waals surface area contributed by atoms with Crippen LogP contribution < -0.4 is 11.3 Å². The maximum absolute atomic E-state index is 12.7. The van der Waals surface area contributed by atoms with Crippen LogP contribution in [0, 0.1) is 5.92 Å². The van der Waals surface area contributed by atoms with Crippen molar-refractivity contribution in [3.05, 3.63) is 0 Å². The van der Waals surface area contributed by atoms with Gasteiger partial charge in [-0.2, -0.15) is 13.2 Å². The summed E-state index contributed by atoms with van der Waals surface area (Å²) >= 11 is 0. The fourth-order valence-electron chi connectivity index (χ4n) is 2.41. The van der Waals surface area contributed by atoms with Crippen LogP contribution in [0.4, 0.5) is 13.2 Å². The second kappa shape index (κ2) is 6.38. The molecular weight excluding hydrogens is 247 g/mol. The lowest BCUT2D eigenvalue weighted by atomic mass is 9.95. The van der Waals surface area contributed by atoms with E-state index in [1.807, 2.05) is 12.3 Å². The van der Waals surface area contributed by atoms with Gasteiger partial charge in [0.25, 0.3) is 5.91 Å². The van der Waals surface area contributed by atoms with Crippen molar-refractivity contribution in [3.63, 3.8) is 0 Å². The molecule has 1 heterocycles. The predicted octanol–water partition coefficient (Wildman–Crippen LogP) is 1.42. The van der Waals surface area contributed by atoms with Gasteiger partial charge in [-0.25, -0.2) is 5.84 Å². The quantitative estimate of drug-likeness (QED) is 0.460. The number of carbonyl (C=O) groups excluding carboxylic acids is 1. The Labute approximate surface area is 105 Å². The summed E-state index contributed by atoms with van der Waals surface area (Å²) in [5.74, 6) is 3.34. The average molecular weight is 267 g/mol. The first kappa shape index (κ1) is 15.2. The van der Waals surface area contributed by atoms with E-state index < -0.39 is 24.0 Å². The van der Waals surface area contributed by atoms with Gasteiger partial charge in [0.1, 0.15) is 0 Å². The number of hydrogen-bond donors (Lipinski definition) is 2. The number of nitrogens with zero attached hydrogens (tertiary/aromatic N) is 1. The van der Waals surface area contributed by atoms with Crippen molar-refractivity contribution in [2.75, 3.05) is 13.1 Å². The van der Waals surface area contributed by atoms with Gasteiger partial charge in [0, 0.05) is 6.54 Å². The first-order valence-electron chi connectivity index (χ1n) is 6.21. The average Bonchev–Trinajstić information content (AvgIpc) is 2.34. The zero-order chi connectivity index (χ0) is 13.8. The molecule has 106 valence electrons. The van der Waals surface area contributed by atoms with Crippen LogP contribution in [0.15, 0.2) is 0 Å². The van der Waals surface area contributed by atoms with E-state index in [9.17, 15) is 18.0 Å². The number of rotatable bonds is 4. The summed E-state index contributed by atoms with van der Waals surface area (Å²) in [7, 11) is 0. The Hall–Kier alpha value is -0.820. The molecule has 0 radical (unpaired) electrons. The van der Waals surface area contributed by atoms with E-state index in [0.717, 1.165) is 6.42 Å². The topological polar surface area (TPSA) is 58.4 Å². The van der Waals surface area contributed by atoms with E-state index in [1.54, 1.807) is 4.90 Å². The lowest BCUT2D eigenvalue weighted by Crippen LogP contribution is -2.53. The molecule has 0 aromatic heterocycles. The van der Waals surface area contributed by atoms with Crippen molar-refractivity contribution < 1.29 is 18.0 Å². The Balaban J connectivity index is 2.70. The van der Waals surface area contributed by atoms with E-state index >= 15 is 0 Å². The molecule has 1 saturated heterocycles. The Morgan fingerprint density at radius 2 is 2.22 bits per heavy atom. The third-order valence-corrected chi connectivity index (χ3v) is 3.36. The molecule has 7 heteroatoms. The molecule has 1 aliphatic rings. The minimum Gasteiger partial charge on any atom is -0.293 e. The summed E-state index contributed by atoms with van der Waals surface area (Å²) in [5.41, 5.74) is 2.04.